The molecule has 2 rings (SSSR count). The first-order valence-corrected chi connectivity index (χ1v) is 8.30. The van der Waals surface area contributed by atoms with Gasteiger partial charge in [-0.15, -0.1) is 0 Å². The van der Waals surface area contributed by atoms with Gasteiger partial charge >= 0.3 is 65.3 Å². The molecule has 2 aromatic rings. The zero-order valence-corrected chi connectivity index (χ0v) is 19.7. The molecule has 1 N–H and O–H groups in total. The normalized spacial score (nSPS) is 11.0. The van der Waals surface area contributed by atoms with E-state index in [2.05, 4.69) is 4.52 Å². The number of anilines is 1. The molecule has 0 aromatic heterocycles. The van der Waals surface area contributed by atoms with Crippen molar-refractivity contribution < 1.29 is 96.0 Å². The molecule has 0 aliphatic heterocycles. The molecule has 6 nitrogen and oxygen atoms in total. The van der Waals surface area contributed by atoms with E-state index in [1.807, 2.05) is 5.32 Å². The fourth-order valence-electron chi connectivity index (χ4n) is 1.91. The van der Waals surface area contributed by atoms with Gasteiger partial charge in [-0.1, -0.05) is 23.7 Å². The molecule has 0 saturated carbocycles. The number of halogens is 4. The summed E-state index contributed by atoms with van der Waals surface area (Å²) in [6.45, 7) is 0. The molecule has 0 spiro atoms. The Morgan fingerprint density at radius 3 is 2.26 bits per heavy atom. The summed E-state index contributed by atoms with van der Waals surface area (Å²) in [5.41, 5.74) is -2.18. The summed E-state index contributed by atoms with van der Waals surface area (Å²) in [7, 11) is -5.49. The Bertz CT molecular complexity index is 863. The Kier molecular flexibility index (Phi) is 10.6. The van der Waals surface area contributed by atoms with Crippen molar-refractivity contribution in [3.8, 4) is 5.75 Å². The van der Waals surface area contributed by atoms with E-state index in [1.165, 1.54) is 6.07 Å². The van der Waals surface area contributed by atoms with Crippen molar-refractivity contribution in [2.24, 2.45) is 0 Å². The second-order valence-electron chi connectivity index (χ2n) is 4.68. The van der Waals surface area contributed by atoms with Crippen LogP contribution in [0.15, 0.2) is 42.5 Å². The maximum atomic E-state index is 13.0. The fraction of sp³-hybridized carbons (Fsp3) is 0.0714. The summed E-state index contributed by atoms with van der Waals surface area (Å²) in [5.74, 6) is -1.79. The average molecular weight is 440 g/mol. The number of rotatable bonds is 4. The summed E-state index contributed by atoms with van der Waals surface area (Å²) in [4.78, 5) is 33.7. The van der Waals surface area contributed by atoms with E-state index >= 15 is 0 Å². The number of amides is 1. The van der Waals surface area contributed by atoms with Crippen LogP contribution in [0.5, 0.6) is 5.75 Å². The topological polar surface area (TPSA) is 102 Å². The quantitative estimate of drug-likeness (QED) is 0.400. The van der Waals surface area contributed by atoms with Crippen LogP contribution in [-0.2, 0) is 10.7 Å². The number of phosphoric ester groups is 1. The van der Waals surface area contributed by atoms with Crippen LogP contribution in [0.1, 0.15) is 15.9 Å². The monoisotopic (exact) mass is 439 g/mol. The third kappa shape index (κ3) is 8.06. The van der Waals surface area contributed by atoms with Gasteiger partial charge < -0.3 is 24.2 Å². The first-order chi connectivity index (χ1) is 11.5. The molecule has 1 amide bonds. The zero-order chi connectivity index (χ0) is 18.8. The number of para-hydroxylation sites is 1. The van der Waals surface area contributed by atoms with Gasteiger partial charge in [-0.05, 0) is 30.3 Å². The minimum absolute atomic E-state index is 0. The second-order valence-corrected chi connectivity index (χ2v) is 6.19. The van der Waals surface area contributed by atoms with Crippen molar-refractivity contribution in [2.75, 3.05) is 5.32 Å². The average Bonchev–Trinajstić information content (AvgIpc) is 2.47. The van der Waals surface area contributed by atoms with Gasteiger partial charge in [0.05, 0.1) is 16.8 Å². The molecule has 13 heteroatoms. The largest absolute Gasteiger partial charge is 1.00 e. The Morgan fingerprint density at radius 2 is 1.70 bits per heavy atom. The number of benzene rings is 2. The number of carbonyl (C=O) groups excluding carboxylic acids is 1. The van der Waals surface area contributed by atoms with E-state index < -0.39 is 42.5 Å². The first kappa shape index (κ1) is 26.9. The number of nitrogens with one attached hydrogen (secondary N) is 1. The predicted molar refractivity (Wildman–Crippen MR) is 79.1 cm³/mol. The number of hydrogen-bond donors (Lipinski definition) is 1. The van der Waals surface area contributed by atoms with Crippen LogP contribution in [0.3, 0.4) is 0 Å². The molecule has 2 aromatic carbocycles. The number of hydrogen-bond acceptors (Lipinski definition) is 5. The van der Waals surface area contributed by atoms with Crippen LogP contribution in [0.25, 0.3) is 0 Å². The molecule has 0 saturated heterocycles. The molecule has 0 atom stereocenters. The summed E-state index contributed by atoms with van der Waals surface area (Å²) >= 11 is 5.70. The van der Waals surface area contributed by atoms with Crippen molar-refractivity contribution in [1.82, 2.24) is 0 Å². The van der Waals surface area contributed by atoms with E-state index in [0.29, 0.717) is 0 Å². The van der Waals surface area contributed by atoms with Crippen LogP contribution in [0.4, 0.5) is 18.9 Å². The van der Waals surface area contributed by atoms with E-state index in [-0.39, 0.29) is 64.1 Å². The summed E-state index contributed by atoms with van der Waals surface area (Å²) in [6.07, 6.45) is -4.72. The maximum absolute atomic E-state index is 13.0. The van der Waals surface area contributed by atoms with E-state index in [9.17, 15) is 32.3 Å². The standard InChI is InChI=1S/C14H10ClF3NO5P.2Na/c15-8-5-6-12(24-25(21,22)23)9(7-8)13(20)19-11-4-2-1-3-10(11)14(16,17)18;;/h1-7H,(H,19,20)(H2,21,22,23);;/q;2*+1/p-2. The number of phosphoric acid groups is 1. The van der Waals surface area contributed by atoms with E-state index in [1.54, 1.807) is 0 Å². The van der Waals surface area contributed by atoms with Crippen molar-refractivity contribution in [3.63, 3.8) is 0 Å². The van der Waals surface area contributed by atoms with Crippen LogP contribution in [0, 0.1) is 0 Å². The van der Waals surface area contributed by atoms with Crippen molar-refractivity contribution in [3.05, 3.63) is 58.6 Å². The van der Waals surface area contributed by atoms with Crippen LogP contribution in [0.2, 0.25) is 5.02 Å². The Labute approximate surface area is 201 Å². The molecule has 27 heavy (non-hydrogen) atoms. The Balaban J connectivity index is 0.00000338. The summed E-state index contributed by atoms with van der Waals surface area (Å²) < 4.78 is 53.7. The van der Waals surface area contributed by atoms with Crippen molar-refractivity contribution in [2.45, 2.75) is 6.18 Å². The molecule has 0 bridgehead atoms. The zero-order valence-electron chi connectivity index (χ0n) is 14.0. The summed E-state index contributed by atoms with van der Waals surface area (Å²) in [5, 5.41) is 1.98. The SMILES string of the molecule is O=C(Nc1ccccc1C(F)(F)F)c1cc(Cl)ccc1OP(=O)([O-])[O-].[Na+].[Na+]. The number of carbonyl (C=O) groups is 1. The first-order valence-electron chi connectivity index (χ1n) is 6.46. The maximum Gasteiger partial charge on any atom is 1.00 e. The smallest absolute Gasteiger partial charge is 0.780 e. The number of alkyl halides is 3. The second kappa shape index (κ2) is 10.6. The Morgan fingerprint density at radius 1 is 1.11 bits per heavy atom. The third-order valence-electron chi connectivity index (χ3n) is 2.88. The molecule has 0 aliphatic carbocycles. The molecular weight excluding hydrogens is 432 g/mol. The fourth-order valence-corrected chi connectivity index (χ4v) is 2.48. The van der Waals surface area contributed by atoms with Crippen LogP contribution < -0.4 is 78.7 Å². The van der Waals surface area contributed by atoms with Gasteiger partial charge in [0, 0.05) is 5.02 Å². The van der Waals surface area contributed by atoms with Gasteiger partial charge in [-0.2, -0.15) is 13.2 Å². The van der Waals surface area contributed by atoms with Gasteiger partial charge in [-0.25, -0.2) is 0 Å². The van der Waals surface area contributed by atoms with Crippen molar-refractivity contribution >= 4 is 31.0 Å². The van der Waals surface area contributed by atoms with Gasteiger partial charge in [0.15, 0.2) is 0 Å². The van der Waals surface area contributed by atoms with Crippen molar-refractivity contribution in [1.29, 1.82) is 0 Å². The molecule has 0 fully saturated rings. The van der Waals surface area contributed by atoms with Gasteiger partial charge in [0.25, 0.3) is 5.91 Å². The van der Waals surface area contributed by atoms with Crippen LogP contribution in [-0.4, -0.2) is 5.91 Å². The Hall–Kier alpha value is -0.0600. The minimum Gasteiger partial charge on any atom is -0.780 e. The molecule has 134 valence electrons. The van der Waals surface area contributed by atoms with Gasteiger partial charge in [-0.3, -0.25) is 4.79 Å². The molecular formula is C14H8ClF3NNa2O5P. The van der Waals surface area contributed by atoms with E-state index in [4.69, 9.17) is 11.6 Å². The van der Waals surface area contributed by atoms with Crippen LogP contribution >= 0.6 is 19.4 Å². The van der Waals surface area contributed by atoms with Gasteiger partial charge in [0.1, 0.15) is 13.6 Å². The predicted octanol–water partition coefficient (Wildman–Crippen LogP) is -3.17. The van der Waals surface area contributed by atoms with E-state index in [0.717, 1.165) is 36.4 Å². The van der Waals surface area contributed by atoms with Gasteiger partial charge in [0.2, 0.25) is 0 Å². The molecule has 0 radical (unpaired) electrons. The molecule has 0 aliphatic rings. The summed E-state index contributed by atoms with van der Waals surface area (Å²) in [6, 6.07) is 7.22. The third-order valence-corrected chi connectivity index (χ3v) is 3.53. The minimum atomic E-state index is -5.49. The molecule has 0 heterocycles. The molecule has 0 unspecified atom stereocenters.